The van der Waals surface area contributed by atoms with Crippen molar-refractivity contribution in [2.45, 2.75) is 224 Å². The van der Waals surface area contributed by atoms with E-state index in [1.54, 1.807) is 13.8 Å². The summed E-state index contributed by atoms with van der Waals surface area (Å²) < 4.78 is 578. The van der Waals surface area contributed by atoms with E-state index in [0.29, 0.717) is 49.2 Å². The van der Waals surface area contributed by atoms with Gasteiger partial charge in [-0.25, -0.2) is 0 Å². The van der Waals surface area contributed by atoms with Crippen molar-refractivity contribution in [3.05, 3.63) is 36.4 Å². The molecule has 0 fully saturated rings. The van der Waals surface area contributed by atoms with Crippen LogP contribution in [0.25, 0.3) is 32.3 Å². The molecule has 0 bridgehead atoms. The van der Waals surface area contributed by atoms with Crippen molar-refractivity contribution >= 4 is 50.2 Å². The molecule has 0 aliphatic heterocycles. The zero-order valence-corrected chi connectivity index (χ0v) is 54.1. The molecule has 0 aliphatic rings. The minimum Gasteiger partial charge on any atom is -0.490 e. The summed E-state index contributed by atoms with van der Waals surface area (Å²) in [6.45, 7) is 2.78. The molecule has 0 aromatic heterocycles. The van der Waals surface area contributed by atoms with Gasteiger partial charge in [0.05, 0.1) is 39.1 Å². The Kier molecular flexibility index (Phi) is 27.1. The number of carbonyl (C=O) groups is 3. The molecular weight excluding hydrogens is 1610 g/mol. The predicted octanol–water partition coefficient (Wildman–Crippen LogP) is 23.1. The smallest absolute Gasteiger partial charge is 0.460 e. The van der Waals surface area contributed by atoms with E-state index in [4.69, 9.17) is 28.4 Å². The van der Waals surface area contributed by atoms with Gasteiger partial charge in [0.2, 0.25) is 0 Å². The molecule has 0 unspecified atom stereocenters. The second-order valence-electron chi connectivity index (χ2n) is 23.6. The first-order chi connectivity index (χ1) is 48.5. The molecule has 0 atom stereocenters. The van der Waals surface area contributed by atoms with Crippen LogP contribution in [-0.2, 0) is 14.4 Å². The number of fused-ring (bicyclic) bond motifs is 6. The Balaban J connectivity index is 2.14. The molecule has 4 aromatic rings. The minimum absolute atomic E-state index is 0.0610. The van der Waals surface area contributed by atoms with Crippen LogP contribution in [0, 0.1) is 0 Å². The summed E-state index contributed by atoms with van der Waals surface area (Å²) in [7, 11) is 0. The first kappa shape index (κ1) is 93.1. The van der Waals surface area contributed by atoms with Crippen LogP contribution in [0.3, 0.4) is 0 Å². The molecule has 0 heterocycles. The fourth-order valence-corrected chi connectivity index (χ4v) is 9.37. The Morgan fingerprint density at radius 2 is 0.407 bits per heavy atom. The van der Waals surface area contributed by atoms with E-state index < -0.39 is 250 Å². The van der Waals surface area contributed by atoms with Crippen molar-refractivity contribution in [3.63, 3.8) is 0 Å². The lowest BCUT2D eigenvalue weighted by Gasteiger charge is -2.39. The zero-order valence-electron chi connectivity index (χ0n) is 54.1. The van der Waals surface area contributed by atoms with E-state index in [1.165, 1.54) is 6.92 Å². The Bertz CT molecular complexity index is 3820. The van der Waals surface area contributed by atoms with Crippen LogP contribution in [0.2, 0.25) is 0 Å². The lowest BCUT2D eigenvalue weighted by atomic mass is 9.92. The molecule has 9 nitrogen and oxygen atoms in total. The van der Waals surface area contributed by atoms with Crippen molar-refractivity contribution < 1.29 is 214 Å². The van der Waals surface area contributed by atoms with Crippen molar-refractivity contribution in [1.29, 1.82) is 0 Å². The number of carbonyl (C=O) groups excluding carboxylic acids is 3. The lowest BCUT2D eigenvalue weighted by molar-refractivity contribution is -0.440. The summed E-state index contributed by atoms with van der Waals surface area (Å²) in [6.07, 6.45) is -39.6. The molecule has 0 N–H and O–H groups in total. The summed E-state index contributed by atoms with van der Waals surface area (Å²) in [6, 6.07) is 3.24. The number of unbranched alkanes of at least 4 members (excludes halogenated alkanes) is 6. The number of alkyl halides is 39. The molecule has 0 saturated carbocycles. The van der Waals surface area contributed by atoms with Crippen molar-refractivity contribution in [2.75, 3.05) is 19.8 Å². The molecule has 0 amide bonds. The summed E-state index contributed by atoms with van der Waals surface area (Å²) >= 11 is 0. The quantitative estimate of drug-likeness (QED) is 0.0142. The Hall–Kier alpha value is -7.26. The highest BCUT2D eigenvalue weighted by Crippen LogP contribution is 2.65. The largest absolute Gasteiger partial charge is 0.490 e. The van der Waals surface area contributed by atoms with Gasteiger partial charge in [0.15, 0.2) is 34.5 Å². The van der Waals surface area contributed by atoms with Gasteiger partial charge in [0, 0.05) is 19.3 Å². The fourth-order valence-electron chi connectivity index (χ4n) is 9.37. The molecular formula is C60H51F39O9. The molecule has 0 radical (unpaired) electrons. The van der Waals surface area contributed by atoms with Gasteiger partial charge in [0.1, 0.15) is 0 Å². The minimum atomic E-state index is -8.43. The second-order valence-corrected chi connectivity index (χ2v) is 23.6. The van der Waals surface area contributed by atoms with Gasteiger partial charge in [-0.3, -0.25) is 14.4 Å². The first-order valence-electron chi connectivity index (χ1n) is 30.4. The van der Waals surface area contributed by atoms with Crippen LogP contribution in [0.4, 0.5) is 171 Å². The van der Waals surface area contributed by atoms with Gasteiger partial charge >= 0.3 is 125 Å². The van der Waals surface area contributed by atoms with E-state index in [9.17, 15) is 159 Å². The monoisotopic (exact) mass is 1660 g/mol. The lowest BCUT2D eigenvalue weighted by Crippen LogP contribution is -2.70. The Labute approximate surface area is 578 Å². The predicted molar refractivity (Wildman–Crippen MR) is 291 cm³/mol. The van der Waals surface area contributed by atoms with Crippen LogP contribution in [-0.4, -0.2) is 145 Å². The van der Waals surface area contributed by atoms with E-state index in [0.717, 1.165) is 0 Å². The maximum atomic E-state index is 15.0. The Morgan fingerprint density at radius 1 is 0.241 bits per heavy atom. The average Bonchev–Trinajstić information content (AvgIpc) is 0.727. The highest BCUT2D eigenvalue weighted by atomic mass is 19.5. The van der Waals surface area contributed by atoms with Crippen LogP contribution in [0.1, 0.15) is 117 Å². The molecule has 4 rings (SSSR count). The van der Waals surface area contributed by atoms with E-state index in [2.05, 4.69) is 0 Å². The van der Waals surface area contributed by atoms with Gasteiger partial charge < -0.3 is 28.4 Å². The summed E-state index contributed by atoms with van der Waals surface area (Å²) in [5, 5.41) is -4.06. The molecule has 48 heteroatoms. The van der Waals surface area contributed by atoms with E-state index in [1.807, 2.05) is 0 Å². The van der Waals surface area contributed by atoms with Gasteiger partial charge in [0.25, 0.3) is 0 Å². The molecule has 0 spiro atoms. The number of rotatable bonds is 39. The van der Waals surface area contributed by atoms with Crippen molar-refractivity contribution in [2.24, 2.45) is 0 Å². The second kappa shape index (κ2) is 31.5. The number of halogens is 39. The molecule has 0 aliphatic carbocycles. The standard InChI is InChI=1S/C60H51F39O9/c1-4-7-10-19-103-34-22-28-29-23-35(104-20-11-8-5-2)38(107-41(101)14-17-44(63,64)47(69,70)50(75,76)53(81,82)56(87,88)59(94,95)96)26-32(29)33-27-39(108-42(102)15-18-45(65,66)48(71,72)51(77,78)54(83,84)57(89,90)60(97,98)99)36(105-21-12-9-6-3)24-30(33)31(28)25-37(34)106-40(100)13-16-43(61,62)46(67,68)49(73,74)52(79,80)55(85,86)58(91,92)93/h22-27H,4-21H2,1-3H3. The van der Waals surface area contributed by atoms with E-state index >= 15 is 26.3 Å². The SMILES string of the molecule is CCCCCOc1cc2c3cc(OCCCCC)c(OC(=O)CCC(F)(F)C(F)(F)C(F)(F)C(F)(F)C(F)(F)C(F)(F)F)cc3c3cc(OC(=O)CCC(F)(F)C(F)(F)C(F)(F)C(F)(F)C(F)(F)C(F)(F)F)c(OCCCCC)cc3c2cc1OC(=O)CCC(F)(F)C(F)(F)C(F)(F)C(F)(F)C(F)(F)C(F)(F)F. The highest BCUT2D eigenvalue weighted by molar-refractivity contribution is 6.27. The number of hydrogen-bond acceptors (Lipinski definition) is 9. The van der Waals surface area contributed by atoms with Gasteiger partial charge in [-0.2, -0.15) is 171 Å². The third kappa shape index (κ3) is 17.0. The van der Waals surface area contributed by atoms with Gasteiger partial charge in [-0.15, -0.1) is 0 Å². The molecule has 4 aromatic carbocycles. The molecule has 108 heavy (non-hydrogen) atoms. The normalized spacial score (nSPS) is 14.6. The van der Waals surface area contributed by atoms with Crippen molar-refractivity contribution in [1.82, 2.24) is 0 Å². The molecule has 0 saturated heterocycles. The zero-order chi connectivity index (χ0) is 83.9. The summed E-state index contributed by atoms with van der Waals surface area (Å²) in [4.78, 5) is 40.1. The van der Waals surface area contributed by atoms with Gasteiger partial charge in [-0.05, 0) is 88.0 Å². The first-order valence-corrected chi connectivity index (χ1v) is 30.4. The highest BCUT2D eigenvalue weighted by Gasteiger charge is 2.93. The van der Waals surface area contributed by atoms with Gasteiger partial charge in [-0.1, -0.05) is 59.3 Å². The third-order valence-electron chi connectivity index (χ3n) is 15.7. The average molecular weight is 1660 g/mol. The van der Waals surface area contributed by atoms with Crippen LogP contribution >= 0.6 is 0 Å². The van der Waals surface area contributed by atoms with Crippen LogP contribution in [0.5, 0.6) is 34.5 Å². The molecule has 618 valence electrons. The topological polar surface area (TPSA) is 107 Å². The van der Waals surface area contributed by atoms with E-state index in [-0.39, 0.29) is 44.9 Å². The number of esters is 3. The Morgan fingerprint density at radius 3 is 0.574 bits per heavy atom. The maximum Gasteiger partial charge on any atom is 0.460 e. The van der Waals surface area contributed by atoms with Crippen LogP contribution < -0.4 is 28.4 Å². The maximum absolute atomic E-state index is 15.0. The van der Waals surface area contributed by atoms with Crippen molar-refractivity contribution in [3.8, 4) is 34.5 Å². The number of hydrogen-bond donors (Lipinski definition) is 0. The third-order valence-corrected chi connectivity index (χ3v) is 15.7. The summed E-state index contributed by atoms with van der Waals surface area (Å²) in [5.74, 6) is -134. The fraction of sp³-hybridized carbons (Fsp3) is 0.650. The van der Waals surface area contributed by atoms with Crippen LogP contribution in [0.15, 0.2) is 36.4 Å². The number of ether oxygens (including phenoxy) is 6. The summed E-state index contributed by atoms with van der Waals surface area (Å²) in [5.41, 5.74) is 0. The number of benzene rings is 4.